The number of aliphatic hydroxyl groups is 1. The first-order valence-corrected chi connectivity index (χ1v) is 6.92. The van der Waals surface area contributed by atoms with Crippen LogP contribution in [0.1, 0.15) is 65.2 Å². The molecular formula is C14H28O. The molecule has 15 heavy (non-hydrogen) atoms. The Morgan fingerprint density at radius 1 is 1.07 bits per heavy atom. The molecule has 0 heterocycles. The summed E-state index contributed by atoms with van der Waals surface area (Å²) in [6, 6.07) is 0. The Kier molecular flexibility index (Phi) is 6.31. The fraction of sp³-hybridized carbons (Fsp3) is 1.00. The van der Waals surface area contributed by atoms with Crippen LogP contribution in [0.2, 0.25) is 0 Å². The first kappa shape index (κ1) is 13.0. The van der Waals surface area contributed by atoms with E-state index < -0.39 is 0 Å². The Balaban J connectivity index is 2.35. The predicted molar refractivity (Wildman–Crippen MR) is 65.8 cm³/mol. The van der Waals surface area contributed by atoms with Gasteiger partial charge in [0.1, 0.15) is 0 Å². The van der Waals surface area contributed by atoms with Gasteiger partial charge in [-0.05, 0) is 43.4 Å². The van der Waals surface area contributed by atoms with E-state index in [9.17, 15) is 0 Å². The zero-order valence-electron chi connectivity index (χ0n) is 10.5. The van der Waals surface area contributed by atoms with Crippen molar-refractivity contribution >= 4 is 0 Å². The van der Waals surface area contributed by atoms with Gasteiger partial charge in [0, 0.05) is 6.61 Å². The highest BCUT2D eigenvalue weighted by atomic mass is 16.2. The van der Waals surface area contributed by atoms with Gasteiger partial charge in [-0.15, -0.1) is 0 Å². The molecule has 1 aliphatic rings. The van der Waals surface area contributed by atoms with Gasteiger partial charge in [-0.2, -0.15) is 0 Å². The van der Waals surface area contributed by atoms with Crippen LogP contribution >= 0.6 is 0 Å². The quantitative estimate of drug-likeness (QED) is 0.705. The normalized spacial score (nSPS) is 31.8. The summed E-state index contributed by atoms with van der Waals surface area (Å²) in [6.45, 7) is 5.04. The second-order valence-electron chi connectivity index (χ2n) is 5.26. The lowest BCUT2D eigenvalue weighted by Crippen LogP contribution is -2.24. The first-order valence-electron chi connectivity index (χ1n) is 6.92. The van der Waals surface area contributed by atoms with E-state index in [1.54, 1.807) is 0 Å². The van der Waals surface area contributed by atoms with Crippen LogP contribution in [-0.4, -0.2) is 11.7 Å². The molecule has 0 saturated heterocycles. The van der Waals surface area contributed by atoms with Gasteiger partial charge in [-0.25, -0.2) is 0 Å². The molecule has 1 fully saturated rings. The fourth-order valence-electron chi connectivity index (χ4n) is 3.33. The van der Waals surface area contributed by atoms with Crippen LogP contribution < -0.4 is 0 Å². The summed E-state index contributed by atoms with van der Waals surface area (Å²) in [7, 11) is 0. The Bertz CT molecular complexity index is 155. The molecule has 0 amide bonds. The van der Waals surface area contributed by atoms with Gasteiger partial charge < -0.3 is 5.11 Å². The lowest BCUT2D eigenvalue weighted by atomic mass is 9.70. The highest BCUT2D eigenvalue weighted by Crippen LogP contribution is 2.39. The second-order valence-corrected chi connectivity index (χ2v) is 5.26. The monoisotopic (exact) mass is 212 g/mol. The van der Waals surface area contributed by atoms with E-state index in [4.69, 9.17) is 5.11 Å². The molecule has 0 aliphatic heterocycles. The zero-order valence-corrected chi connectivity index (χ0v) is 10.5. The maximum absolute atomic E-state index is 8.86. The summed E-state index contributed by atoms with van der Waals surface area (Å²) < 4.78 is 0. The molecule has 1 nitrogen and oxygen atoms in total. The van der Waals surface area contributed by atoms with E-state index in [1.165, 1.54) is 44.9 Å². The van der Waals surface area contributed by atoms with Crippen LogP contribution in [0.3, 0.4) is 0 Å². The minimum atomic E-state index is 0.381. The average Bonchev–Trinajstić information content (AvgIpc) is 2.27. The first-order chi connectivity index (χ1) is 7.31. The molecule has 90 valence electrons. The highest BCUT2D eigenvalue weighted by Gasteiger charge is 2.28. The van der Waals surface area contributed by atoms with Crippen LogP contribution in [0.5, 0.6) is 0 Å². The molecule has 3 unspecified atom stereocenters. The van der Waals surface area contributed by atoms with Crippen molar-refractivity contribution in [2.45, 2.75) is 65.2 Å². The third kappa shape index (κ3) is 4.14. The largest absolute Gasteiger partial charge is 0.396 e. The smallest absolute Gasteiger partial charge is 0.0431 e. The highest BCUT2D eigenvalue weighted by molar-refractivity contribution is 4.79. The zero-order chi connectivity index (χ0) is 11.1. The third-order valence-corrected chi connectivity index (χ3v) is 4.20. The fourth-order valence-corrected chi connectivity index (χ4v) is 3.33. The summed E-state index contributed by atoms with van der Waals surface area (Å²) in [6.07, 6.45) is 10.7. The van der Waals surface area contributed by atoms with Crippen molar-refractivity contribution in [1.29, 1.82) is 0 Å². The molecule has 0 spiro atoms. The lowest BCUT2D eigenvalue weighted by molar-refractivity contribution is 0.150. The summed E-state index contributed by atoms with van der Waals surface area (Å²) in [5, 5.41) is 8.86. The molecule has 0 bridgehead atoms. The lowest BCUT2D eigenvalue weighted by Gasteiger charge is -2.36. The Hall–Kier alpha value is -0.0400. The van der Waals surface area contributed by atoms with Crippen molar-refractivity contribution in [2.75, 3.05) is 6.61 Å². The van der Waals surface area contributed by atoms with Gasteiger partial charge in [0.2, 0.25) is 0 Å². The molecule has 1 heteroatoms. The topological polar surface area (TPSA) is 20.2 Å². The van der Waals surface area contributed by atoms with Crippen molar-refractivity contribution < 1.29 is 5.11 Å². The van der Waals surface area contributed by atoms with Gasteiger partial charge in [0.25, 0.3) is 0 Å². The number of hydrogen-bond acceptors (Lipinski definition) is 1. The summed E-state index contributed by atoms with van der Waals surface area (Å²) >= 11 is 0. The summed E-state index contributed by atoms with van der Waals surface area (Å²) in [5.41, 5.74) is 0. The van der Waals surface area contributed by atoms with E-state index >= 15 is 0 Å². The van der Waals surface area contributed by atoms with E-state index in [0.717, 1.165) is 24.2 Å². The minimum Gasteiger partial charge on any atom is -0.396 e. The Morgan fingerprint density at radius 2 is 1.87 bits per heavy atom. The number of hydrogen-bond donors (Lipinski definition) is 1. The van der Waals surface area contributed by atoms with Gasteiger partial charge in [-0.3, -0.25) is 0 Å². The van der Waals surface area contributed by atoms with Gasteiger partial charge >= 0.3 is 0 Å². The van der Waals surface area contributed by atoms with Gasteiger partial charge in [-0.1, -0.05) is 39.5 Å². The van der Waals surface area contributed by atoms with Crippen LogP contribution in [0.4, 0.5) is 0 Å². The Morgan fingerprint density at radius 3 is 2.47 bits per heavy atom. The minimum absolute atomic E-state index is 0.381. The summed E-state index contributed by atoms with van der Waals surface area (Å²) in [5.74, 6) is 2.89. The molecule has 0 aromatic carbocycles. The Labute approximate surface area is 95.3 Å². The molecule has 1 aliphatic carbocycles. The molecule has 0 aromatic heterocycles. The number of aliphatic hydroxyl groups excluding tert-OH is 1. The van der Waals surface area contributed by atoms with E-state index in [-0.39, 0.29) is 0 Å². The molecular weight excluding hydrogens is 184 g/mol. The van der Waals surface area contributed by atoms with Crippen molar-refractivity contribution in [1.82, 2.24) is 0 Å². The molecule has 0 radical (unpaired) electrons. The predicted octanol–water partition coefficient (Wildman–Crippen LogP) is 4.00. The van der Waals surface area contributed by atoms with Gasteiger partial charge in [0.05, 0.1) is 0 Å². The SMILES string of the molecule is CCCC1CC(CCCO)CCC1CC. The average molecular weight is 212 g/mol. The van der Waals surface area contributed by atoms with Crippen LogP contribution in [0.15, 0.2) is 0 Å². The maximum atomic E-state index is 8.86. The molecule has 0 aromatic rings. The van der Waals surface area contributed by atoms with Crippen molar-refractivity contribution in [3.05, 3.63) is 0 Å². The van der Waals surface area contributed by atoms with Gasteiger partial charge in [0.15, 0.2) is 0 Å². The van der Waals surface area contributed by atoms with E-state index in [1.807, 2.05) is 0 Å². The second kappa shape index (κ2) is 7.27. The third-order valence-electron chi connectivity index (χ3n) is 4.20. The molecule has 1 rings (SSSR count). The molecule has 3 atom stereocenters. The van der Waals surface area contributed by atoms with Crippen molar-refractivity contribution in [3.8, 4) is 0 Å². The van der Waals surface area contributed by atoms with Crippen LogP contribution in [-0.2, 0) is 0 Å². The standard InChI is InChI=1S/C14H28O/c1-3-6-14-11-12(7-5-10-15)8-9-13(14)4-2/h12-15H,3-11H2,1-2H3. The van der Waals surface area contributed by atoms with Crippen LogP contribution in [0, 0.1) is 17.8 Å². The number of rotatable bonds is 6. The molecule has 1 saturated carbocycles. The van der Waals surface area contributed by atoms with Crippen molar-refractivity contribution in [3.63, 3.8) is 0 Å². The molecule has 1 N–H and O–H groups in total. The van der Waals surface area contributed by atoms with Crippen LogP contribution in [0.25, 0.3) is 0 Å². The maximum Gasteiger partial charge on any atom is 0.0431 e. The summed E-state index contributed by atoms with van der Waals surface area (Å²) in [4.78, 5) is 0. The van der Waals surface area contributed by atoms with Crippen molar-refractivity contribution in [2.24, 2.45) is 17.8 Å². The van der Waals surface area contributed by atoms with E-state index in [2.05, 4.69) is 13.8 Å². The van der Waals surface area contributed by atoms with E-state index in [0.29, 0.717) is 6.61 Å².